The number of carbonyl (C=O) groups is 1. The van der Waals surface area contributed by atoms with Crippen molar-refractivity contribution in [1.29, 1.82) is 0 Å². The van der Waals surface area contributed by atoms with Crippen LogP contribution in [0.15, 0.2) is 24.8 Å². The maximum absolute atomic E-state index is 12.2. The SMILES string of the molecule is C=CCCC(=O)N1CCCN(c2ccc3nnc(C)n3n2)CC1. The van der Waals surface area contributed by atoms with Gasteiger partial charge in [-0.1, -0.05) is 6.08 Å². The lowest BCUT2D eigenvalue weighted by Crippen LogP contribution is -2.35. The fourth-order valence-corrected chi connectivity index (χ4v) is 2.83. The third kappa shape index (κ3) is 3.33. The Balaban J connectivity index is 1.70. The van der Waals surface area contributed by atoms with E-state index in [0.29, 0.717) is 6.42 Å². The van der Waals surface area contributed by atoms with Crippen molar-refractivity contribution in [2.75, 3.05) is 31.1 Å². The number of hydrogen-bond acceptors (Lipinski definition) is 5. The average molecular weight is 314 g/mol. The van der Waals surface area contributed by atoms with Gasteiger partial charge in [-0.05, 0) is 31.9 Å². The highest BCUT2D eigenvalue weighted by molar-refractivity contribution is 5.76. The van der Waals surface area contributed by atoms with Crippen LogP contribution in [0.2, 0.25) is 0 Å². The van der Waals surface area contributed by atoms with Crippen LogP contribution < -0.4 is 4.90 Å². The van der Waals surface area contributed by atoms with Crippen molar-refractivity contribution in [3.05, 3.63) is 30.6 Å². The molecule has 0 atom stereocenters. The normalized spacial score (nSPS) is 15.7. The van der Waals surface area contributed by atoms with Crippen LogP contribution in [0.3, 0.4) is 0 Å². The summed E-state index contributed by atoms with van der Waals surface area (Å²) in [6.45, 7) is 8.79. The molecule has 0 spiro atoms. The lowest BCUT2D eigenvalue weighted by molar-refractivity contribution is -0.130. The molecule has 0 saturated carbocycles. The van der Waals surface area contributed by atoms with Crippen molar-refractivity contribution in [3.63, 3.8) is 0 Å². The van der Waals surface area contributed by atoms with Crippen LogP contribution in [-0.4, -0.2) is 56.8 Å². The molecule has 0 aliphatic carbocycles. The largest absolute Gasteiger partial charge is 0.353 e. The van der Waals surface area contributed by atoms with E-state index >= 15 is 0 Å². The van der Waals surface area contributed by atoms with E-state index in [1.54, 1.807) is 10.6 Å². The fraction of sp³-hybridized carbons (Fsp3) is 0.500. The van der Waals surface area contributed by atoms with Crippen LogP contribution in [0, 0.1) is 6.92 Å². The number of aryl methyl sites for hydroxylation is 1. The molecule has 3 heterocycles. The molecule has 122 valence electrons. The van der Waals surface area contributed by atoms with Crippen LogP contribution in [0.1, 0.15) is 25.1 Å². The number of hydrogen-bond donors (Lipinski definition) is 0. The quantitative estimate of drug-likeness (QED) is 0.799. The first-order valence-electron chi connectivity index (χ1n) is 8.02. The van der Waals surface area contributed by atoms with Gasteiger partial charge in [0.05, 0.1) is 0 Å². The second-order valence-electron chi connectivity index (χ2n) is 5.76. The van der Waals surface area contributed by atoms with Crippen molar-refractivity contribution in [3.8, 4) is 0 Å². The molecule has 23 heavy (non-hydrogen) atoms. The van der Waals surface area contributed by atoms with Crippen molar-refractivity contribution in [1.82, 2.24) is 24.7 Å². The topological polar surface area (TPSA) is 66.6 Å². The van der Waals surface area contributed by atoms with E-state index in [0.717, 1.165) is 56.3 Å². The minimum atomic E-state index is 0.213. The molecular weight excluding hydrogens is 292 g/mol. The number of nitrogens with zero attached hydrogens (tertiary/aromatic N) is 6. The van der Waals surface area contributed by atoms with E-state index in [2.05, 4.69) is 26.8 Å². The summed E-state index contributed by atoms with van der Waals surface area (Å²) in [4.78, 5) is 16.3. The zero-order valence-electron chi connectivity index (χ0n) is 13.5. The molecule has 1 amide bonds. The van der Waals surface area contributed by atoms with Gasteiger partial charge in [0, 0.05) is 32.6 Å². The Morgan fingerprint density at radius 2 is 2.13 bits per heavy atom. The molecule has 0 aromatic carbocycles. The Hall–Kier alpha value is -2.44. The zero-order valence-corrected chi connectivity index (χ0v) is 13.5. The van der Waals surface area contributed by atoms with Gasteiger partial charge in [-0.3, -0.25) is 4.79 Å². The van der Waals surface area contributed by atoms with Crippen LogP contribution >= 0.6 is 0 Å². The smallest absolute Gasteiger partial charge is 0.222 e. The molecule has 0 unspecified atom stereocenters. The average Bonchev–Trinajstić information content (AvgIpc) is 2.79. The maximum atomic E-state index is 12.2. The first-order chi connectivity index (χ1) is 11.2. The lowest BCUT2D eigenvalue weighted by Gasteiger charge is -2.22. The highest BCUT2D eigenvalue weighted by atomic mass is 16.2. The van der Waals surface area contributed by atoms with Crippen molar-refractivity contribution < 1.29 is 4.79 Å². The van der Waals surface area contributed by atoms with Gasteiger partial charge in [0.2, 0.25) is 5.91 Å². The number of aromatic nitrogens is 4. The van der Waals surface area contributed by atoms with Gasteiger partial charge in [-0.25, -0.2) is 0 Å². The molecule has 1 saturated heterocycles. The second-order valence-corrected chi connectivity index (χ2v) is 5.76. The number of fused-ring (bicyclic) bond motifs is 1. The van der Waals surface area contributed by atoms with Gasteiger partial charge in [0.25, 0.3) is 0 Å². The number of rotatable bonds is 4. The number of amides is 1. The number of anilines is 1. The molecule has 7 heteroatoms. The summed E-state index contributed by atoms with van der Waals surface area (Å²) in [5, 5.41) is 12.7. The minimum absolute atomic E-state index is 0.213. The summed E-state index contributed by atoms with van der Waals surface area (Å²) in [5.41, 5.74) is 0.752. The summed E-state index contributed by atoms with van der Waals surface area (Å²) >= 11 is 0. The molecule has 1 fully saturated rings. The van der Waals surface area contributed by atoms with Gasteiger partial charge < -0.3 is 9.80 Å². The van der Waals surface area contributed by atoms with Gasteiger partial charge >= 0.3 is 0 Å². The third-order valence-corrected chi connectivity index (χ3v) is 4.14. The van der Waals surface area contributed by atoms with Crippen LogP contribution in [0.5, 0.6) is 0 Å². The van der Waals surface area contributed by atoms with Crippen molar-refractivity contribution >= 4 is 17.4 Å². The van der Waals surface area contributed by atoms with Gasteiger partial charge in [0.1, 0.15) is 5.82 Å². The summed E-state index contributed by atoms with van der Waals surface area (Å²) in [5.74, 6) is 1.89. The Morgan fingerprint density at radius 1 is 1.26 bits per heavy atom. The van der Waals surface area contributed by atoms with Crippen molar-refractivity contribution in [2.45, 2.75) is 26.2 Å². The first kappa shape index (κ1) is 15.5. The minimum Gasteiger partial charge on any atom is -0.353 e. The molecule has 2 aromatic heterocycles. The molecule has 0 N–H and O–H groups in total. The van der Waals surface area contributed by atoms with Crippen LogP contribution in [0.4, 0.5) is 5.82 Å². The molecule has 7 nitrogen and oxygen atoms in total. The Labute approximate surface area is 135 Å². The predicted octanol–water partition coefficient (Wildman–Crippen LogP) is 1.44. The highest BCUT2D eigenvalue weighted by Crippen LogP contribution is 2.15. The van der Waals surface area contributed by atoms with E-state index < -0.39 is 0 Å². The number of carbonyl (C=O) groups excluding carboxylic acids is 1. The Bertz CT molecular complexity index is 710. The molecule has 0 radical (unpaired) electrons. The summed E-state index contributed by atoms with van der Waals surface area (Å²) < 4.78 is 1.76. The molecule has 0 bridgehead atoms. The Morgan fingerprint density at radius 3 is 2.96 bits per heavy atom. The molecule has 3 rings (SSSR count). The Kier molecular flexibility index (Phi) is 4.55. The van der Waals surface area contributed by atoms with Gasteiger partial charge in [-0.2, -0.15) is 4.52 Å². The number of allylic oxidation sites excluding steroid dienone is 1. The maximum Gasteiger partial charge on any atom is 0.222 e. The highest BCUT2D eigenvalue weighted by Gasteiger charge is 2.19. The van der Waals surface area contributed by atoms with Gasteiger partial charge in [0.15, 0.2) is 11.5 Å². The summed E-state index contributed by atoms with van der Waals surface area (Å²) in [6, 6.07) is 3.90. The molecule has 1 aliphatic rings. The van der Waals surface area contributed by atoms with E-state index in [-0.39, 0.29) is 5.91 Å². The zero-order chi connectivity index (χ0) is 16.2. The van der Waals surface area contributed by atoms with E-state index in [1.807, 2.05) is 24.0 Å². The van der Waals surface area contributed by atoms with Crippen molar-refractivity contribution in [2.24, 2.45) is 0 Å². The molecular formula is C16H22N6O. The molecule has 2 aromatic rings. The second kappa shape index (κ2) is 6.76. The summed E-state index contributed by atoms with van der Waals surface area (Å²) in [7, 11) is 0. The first-order valence-corrected chi connectivity index (χ1v) is 8.02. The molecule has 1 aliphatic heterocycles. The predicted molar refractivity (Wildman–Crippen MR) is 88.4 cm³/mol. The van der Waals surface area contributed by atoms with E-state index in [4.69, 9.17) is 0 Å². The van der Waals surface area contributed by atoms with E-state index in [1.165, 1.54) is 0 Å². The lowest BCUT2D eigenvalue weighted by atomic mass is 10.2. The third-order valence-electron chi connectivity index (χ3n) is 4.14. The fourth-order valence-electron chi connectivity index (χ4n) is 2.83. The van der Waals surface area contributed by atoms with E-state index in [9.17, 15) is 4.79 Å². The summed E-state index contributed by atoms with van der Waals surface area (Å²) in [6.07, 6.45) is 4.03. The monoisotopic (exact) mass is 314 g/mol. The standard InChI is InChI=1S/C16H22N6O/c1-3-4-6-16(23)21-10-5-9-20(11-12-21)15-8-7-14-18-17-13(2)22(14)19-15/h3,7-8H,1,4-6,9-12H2,2H3. The van der Waals surface area contributed by atoms with Gasteiger partial charge in [-0.15, -0.1) is 21.9 Å². The van der Waals surface area contributed by atoms with Crippen LogP contribution in [-0.2, 0) is 4.79 Å². The van der Waals surface area contributed by atoms with Crippen LogP contribution in [0.25, 0.3) is 5.65 Å².